The predicted molar refractivity (Wildman–Crippen MR) is 40.1 cm³/mol. The molecule has 0 aliphatic rings. The monoisotopic (exact) mass is 177 g/mol. The topological polar surface area (TPSA) is 55.4 Å². The van der Waals surface area contributed by atoms with Gasteiger partial charge in [-0.05, 0) is 18.5 Å². The molecule has 0 saturated heterocycles. The molecule has 62 valence electrons. The van der Waals surface area contributed by atoms with Crippen molar-refractivity contribution in [3.63, 3.8) is 0 Å². The van der Waals surface area contributed by atoms with Crippen molar-refractivity contribution < 1.29 is 14.3 Å². The summed E-state index contributed by atoms with van der Waals surface area (Å²) in [5.41, 5.74) is 0. The van der Waals surface area contributed by atoms with Crippen molar-refractivity contribution in [3.8, 4) is 0 Å². The first kappa shape index (κ1) is 9.97. The molecule has 0 aromatic heterocycles. The summed E-state index contributed by atoms with van der Waals surface area (Å²) in [6.07, 6.45) is 0.266. The SMILES string of the molecule is C=CC(=O)OC(C)NC(=O)Cl. The molecule has 1 amide bonds. The highest BCUT2D eigenvalue weighted by Gasteiger charge is 2.06. The average molecular weight is 178 g/mol. The summed E-state index contributed by atoms with van der Waals surface area (Å²) in [5.74, 6) is -0.608. The molecule has 4 nitrogen and oxygen atoms in total. The van der Waals surface area contributed by atoms with Gasteiger partial charge in [0.2, 0.25) is 0 Å². The Balaban J connectivity index is 3.68. The third kappa shape index (κ3) is 5.42. The molecule has 0 fully saturated rings. The Labute approximate surface area is 69.2 Å². The number of halogens is 1. The highest BCUT2D eigenvalue weighted by molar-refractivity contribution is 6.62. The van der Waals surface area contributed by atoms with Crippen molar-refractivity contribution >= 4 is 22.9 Å². The quantitative estimate of drug-likeness (QED) is 0.230. The number of carbonyl (C=O) groups is 2. The van der Waals surface area contributed by atoms with Gasteiger partial charge in [0.1, 0.15) is 0 Å². The van der Waals surface area contributed by atoms with E-state index in [0.29, 0.717) is 0 Å². The van der Waals surface area contributed by atoms with Crippen molar-refractivity contribution in [2.75, 3.05) is 0 Å². The third-order valence-electron chi connectivity index (χ3n) is 0.776. The molecule has 0 aliphatic heterocycles. The minimum absolute atomic E-state index is 0.608. The van der Waals surface area contributed by atoms with E-state index < -0.39 is 17.6 Å². The van der Waals surface area contributed by atoms with Gasteiger partial charge in [-0.1, -0.05) is 6.58 Å². The summed E-state index contributed by atoms with van der Waals surface area (Å²) >= 11 is 4.93. The summed E-state index contributed by atoms with van der Waals surface area (Å²) in [5, 5.41) is 1.37. The number of hydrogen-bond acceptors (Lipinski definition) is 3. The highest BCUT2D eigenvalue weighted by atomic mass is 35.5. The second kappa shape index (κ2) is 4.73. The lowest BCUT2D eigenvalue weighted by molar-refractivity contribution is -0.142. The zero-order valence-electron chi connectivity index (χ0n) is 5.96. The van der Waals surface area contributed by atoms with Crippen LogP contribution in [0.25, 0.3) is 0 Å². The first-order valence-electron chi connectivity index (χ1n) is 2.85. The van der Waals surface area contributed by atoms with E-state index in [1.807, 2.05) is 0 Å². The third-order valence-corrected chi connectivity index (χ3v) is 0.885. The molecule has 0 bridgehead atoms. The fourth-order valence-corrected chi connectivity index (χ4v) is 0.565. The molecule has 0 aromatic rings. The molecule has 11 heavy (non-hydrogen) atoms. The Morgan fingerprint density at radius 3 is 2.64 bits per heavy atom. The van der Waals surface area contributed by atoms with Gasteiger partial charge >= 0.3 is 11.3 Å². The zero-order valence-corrected chi connectivity index (χ0v) is 6.72. The van der Waals surface area contributed by atoms with E-state index in [1.54, 1.807) is 0 Å². The number of nitrogens with one attached hydrogen (secondary N) is 1. The number of ether oxygens (including phenoxy) is 1. The molecule has 0 aliphatic carbocycles. The largest absolute Gasteiger partial charge is 0.439 e. The summed E-state index contributed by atoms with van der Waals surface area (Å²) in [4.78, 5) is 20.6. The van der Waals surface area contributed by atoms with Crippen LogP contribution in [0.3, 0.4) is 0 Å². The summed E-state index contributed by atoms with van der Waals surface area (Å²) in [6.45, 7) is 4.65. The van der Waals surface area contributed by atoms with Gasteiger partial charge in [-0.15, -0.1) is 0 Å². The van der Waals surface area contributed by atoms with Gasteiger partial charge in [0, 0.05) is 6.08 Å². The molecule has 0 heterocycles. The van der Waals surface area contributed by atoms with Crippen LogP contribution in [-0.2, 0) is 9.53 Å². The Morgan fingerprint density at radius 2 is 2.27 bits per heavy atom. The molecule has 1 unspecified atom stereocenters. The minimum atomic E-state index is -0.769. The van der Waals surface area contributed by atoms with Crippen LogP contribution in [0, 0.1) is 0 Å². The molecule has 0 saturated carbocycles. The van der Waals surface area contributed by atoms with Crippen molar-refractivity contribution in [1.29, 1.82) is 0 Å². The van der Waals surface area contributed by atoms with Crippen LogP contribution in [0.5, 0.6) is 0 Å². The fraction of sp³-hybridized carbons (Fsp3) is 0.333. The van der Waals surface area contributed by atoms with Crippen LogP contribution in [0.4, 0.5) is 4.79 Å². The summed E-state index contributed by atoms with van der Waals surface area (Å²) in [7, 11) is 0. The number of amides is 1. The molecular formula is C6H8ClNO3. The predicted octanol–water partition coefficient (Wildman–Crippen LogP) is 1.01. The number of hydrogen-bond donors (Lipinski definition) is 1. The average Bonchev–Trinajstić information content (AvgIpc) is 1.85. The summed E-state index contributed by atoms with van der Waals surface area (Å²) < 4.78 is 4.54. The second-order valence-corrected chi connectivity index (χ2v) is 2.04. The summed E-state index contributed by atoms with van der Waals surface area (Å²) in [6, 6.07) is 0. The Kier molecular flexibility index (Phi) is 4.29. The first-order valence-corrected chi connectivity index (χ1v) is 3.23. The van der Waals surface area contributed by atoms with Gasteiger partial charge in [0.15, 0.2) is 6.23 Å². The normalized spacial score (nSPS) is 11.5. The molecule has 0 rings (SSSR count). The second-order valence-electron chi connectivity index (χ2n) is 1.70. The molecule has 5 heteroatoms. The maximum atomic E-state index is 10.5. The van der Waals surface area contributed by atoms with E-state index in [-0.39, 0.29) is 0 Å². The smallest absolute Gasteiger partial charge is 0.332 e. The van der Waals surface area contributed by atoms with Crippen LogP contribution >= 0.6 is 11.6 Å². The molecule has 1 atom stereocenters. The van der Waals surface area contributed by atoms with Gasteiger partial charge in [-0.25, -0.2) is 4.79 Å². The van der Waals surface area contributed by atoms with Gasteiger partial charge in [0.25, 0.3) is 0 Å². The van der Waals surface area contributed by atoms with Gasteiger partial charge in [0.05, 0.1) is 0 Å². The van der Waals surface area contributed by atoms with Crippen LogP contribution in [0.2, 0.25) is 0 Å². The number of carbonyl (C=O) groups excluding carboxylic acids is 2. The lowest BCUT2D eigenvalue weighted by Gasteiger charge is -2.10. The molecule has 0 spiro atoms. The van der Waals surface area contributed by atoms with Crippen molar-refractivity contribution in [2.45, 2.75) is 13.2 Å². The van der Waals surface area contributed by atoms with Crippen molar-refractivity contribution in [1.82, 2.24) is 5.32 Å². The Morgan fingerprint density at radius 1 is 1.73 bits per heavy atom. The Hall–Kier alpha value is -1.03. The van der Waals surface area contributed by atoms with E-state index in [2.05, 4.69) is 16.6 Å². The molecule has 0 aromatic carbocycles. The lowest BCUT2D eigenvalue weighted by atomic mass is 10.6. The van der Waals surface area contributed by atoms with Gasteiger partial charge in [-0.3, -0.25) is 4.79 Å². The highest BCUT2D eigenvalue weighted by Crippen LogP contribution is 1.89. The first-order chi connectivity index (χ1) is 5.06. The minimum Gasteiger partial charge on any atom is -0.439 e. The van der Waals surface area contributed by atoms with E-state index in [1.165, 1.54) is 6.92 Å². The molecule has 1 N–H and O–H groups in total. The zero-order chi connectivity index (χ0) is 8.85. The fourth-order valence-electron chi connectivity index (χ4n) is 0.412. The Bertz CT molecular complexity index is 181. The van der Waals surface area contributed by atoms with E-state index in [0.717, 1.165) is 6.08 Å². The van der Waals surface area contributed by atoms with E-state index in [9.17, 15) is 9.59 Å². The van der Waals surface area contributed by atoms with E-state index in [4.69, 9.17) is 11.6 Å². The van der Waals surface area contributed by atoms with Crippen molar-refractivity contribution in [2.24, 2.45) is 0 Å². The van der Waals surface area contributed by atoms with Crippen LogP contribution < -0.4 is 5.32 Å². The van der Waals surface area contributed by atoms with Gasteiger partial charge in [-0.2, -0.15) is 0 Å². The van der Waals surface area contributed by atoms with Crippen molar-refractivity contribution in [3.05, 3.63) is 12.7 Å². The standard InChI is InChI=1S/C6H8ClNO3/c1-3-5(9)11-4(2)8-6(7)10/h3-4H,1H2,2H3,(H,8,10). The lowest BCUT2D eigenvalue weighted by Crippen LogP contribution is -2.32. The molecule has 0 radical (unpaired) electrons. The van der Waals surface area contributed by atoms with Gasteiger partial charge < -0.3 is 10.1 Å². The number of rotatable bonds is 3. The maximum Gasteiger partial charge on any atom is 0.332 e. The van der Waals surface area contributed by atoms with E-state index >= 15 is 0 Å². The number of esters is 1. The maximum absolute atomic E-state index is 10.5. The molecular weight excluding hydrogens is 170 g/mol. The van der Waals surface area contributed by atoms with Crippen LogP contribution in [-0.4, -0.2) is 17.6 Å². The van der Waals surface area contributed by atoms with Crippen LogP contribution in [0.15, 0.2) is 12.7 Å². The van der Waals surface area contributed by atoms with Crippen LogP contribution in [0.1, 0.15) is 6.92 Å².